The Balaban J connectivity index is 1.51. The van der Waals surface area contributed by atoms with Crippen molar-refractivity contribution in [2.24, 2.45) is 5.92 Å². The predicted molar refractivity (Wildman–Crippen MR) is 86.0 cm³/mol. The number of morpholine rings is 1. The van der Waals surface area contributed by atoms with Gasteiger partial charge in [-0.3, -0.25) is 9.59 Å². The molecule has 1 aliphatic heterocycles. The minimum Gasteiger partial charge on any atom is -0.377 e. The SMILES string of the molecule is O=C(Nc1cccc2[nH]ccc12)C(=O)N1CCOCC1C1CC1. The molecule has 0 radical (unpaired) electrons. The third kappa shape index (κ3) is 2.70. The van der Waals surface area contributed by atoms with Crippen LogP contribution in [-0.2, 0) is 14.3 Å². The number of rotatable bonds is 2. The van der Waals surface area contributed by atoms with Gasteiger partial charge in [-0.1, -0.05) is 6.07 Å². The molecule has 120 valence electrons. The number of fused-ring (bicyclic) bond motifs is 1. The molecule has 2 aromatic rings. The largest absolute Gasteiger partial charge is 0.377 e. The van der Waals surface area contributed by atoms with E-state index in [0.29, 0.717) is 31.4 Å². The highest BCUT2D eigenvalue weighted by atomic mass is 16.5. The number of carbonyl (C=O) groups excluding carboxylic acids is 2. The molecule has 2 amide bonds. The molecule has 6 nitrogen and oxygen atoms in total. The van der Waals surface area contributed by atoms with Gasteiger partial charge >= 0.3 is 11.8 Å². The average Bonchev–Trinajstić information content (AvgIpc) is 3.31. The van der Waals surface area contributed by atoms with Crippen molar-refractivity contribution >= 4 is 28.4 Å². The van der Waals surface area contributed by atoms with Crippen LogP contribution in [0.15, 0.2) is 30.5 Å². The molecule has 1 aliphatic carbocycles. The number of H-pyrrole nitrogens is 1. The number of aromatic nitrogens is 1. The van der Waals surface area contributed by atoms with Gasteiger partial charge in [0.25, 0.3) is 0 Å². The number of hydrogen-bond acceptors (Lipinski definition) is 3. The maximum absolute atomic E-state index is 12.6. The third-order valence-corrected chi connectivity index (χ3v) is 4.63. The summed E-state index contributed by atoms with van der Waals surface area (Å²) in [5, 5.41) is 3.65. The first-order valence-corrected chi connectivity index (χ1v) is 8.00. The van der Waals surface area contributed by atoms with Gasteiger partial charge in [-0.25, -0.2) is 0 Å². The number of benzene rings is 1. The quantitative estimate of drug-likeness (QED) is 0.829. The Kier molecular flexibility index (Phi) is 3.53. The van der Waals surface area contributed by atoms with Crippen molar-refractivity contribution in [1.29, 1.82) is 0 Å². The molecule has 6 heteroatoms. The van der Waals surface area contributed by atoms with Crippen molar-refractivity contribution in [2.75, 3.05) is 25.1 Å². The number of aromatic amines is 1. The molecule has 1 unspecified atom stereocenters. The Bertz CT molecular complexity index is 750. The Morgan fingerprint density at radius 3 is 2.96 bits per heavy atom. The minimum atomic E-state index is -0.578. The second-order valence-corrected chi connectivity index (χ2v) is 6.18. The first-order valence-electron chi connectivity index (χ1n) is 8.00. The van der Waals surface area contributed by atoms with Crippen LogP contribution in [0.4, 0.5) is 5.69 Å². The highest BCUT2D eigenvalue weighted by molar-refractivity contribution is 6.40. The molecule has 1 saturated carbocycles. The van der Waals surface area contributed by atoms with E-state index in [1.54, 1.807) is 11.0 Å². The molecule has 2 aliphatic rings. The van der Waals surface area contributed by atoms with Crippen LogP contribution in [0.5, 0.6) is 0 Å². The molecule has 2 fully saturated rings. The van der Waals surface area contributed by atoms with Crippen LogP contribution in [0.2, 0.25) is 0 Å². The van der Waals surface area contributed by atoms with Crippen molar-refractivity contribution in [2.45, 2.75) is 18.9 Å². The van der Waals surface area contributed by atoms with Gasteiger partial charge in [-0.15, -0.1) is 0 Å². The molecule has 2 heterocycles. The topological polar surface area (TPSA) is 74.4 Å². The summed E-state index contributed by atoms with van der Waals surface area (Å²) in [5.74, 6) is -0.552. The molecule has 4 rings (SSSR count). The van der Waals surface area contributed by atoms with Crippen molar-refractivity contribution in [3.8, 4) is 0 Å². The Morgan fingerprint density at radius 2 is 2.13 bits per heavy atom. The van der Waals surface area contributed by atoms with Crippen molar-refractivity contribution in [3.05, 3.63) is 30.5 Å². The zero-order valence-corrected chi connectivity index (χ0v) is 12.7. The van der Waals surface area contributed by atoms with Crippen LogP contribution in [0, 0.1) is 5.92 Å². The van der Waals surface area contributed by atoms with Crippen LogP contribution >= 0.6 is 0 Å². The molecular formula is C17H19N3O3. The van der Waals surface area contributed by atoms with Crippen LogP contribution in [-0.4, -0.2) is 47.5 Å². The van der Waals surface area contributed by atoms with Gasteiger partial charge in [0, 0.05) is 23.6 Å². The lowest BCUT2D eigenvalue weighted by atomic mass is 10.1. The number of ether oxygens (including phenoxy) is 1. The van der Waals surface area contributed by atoms with Gasteiger partial charge in [0.2, 0.25) is 0 Å². The van der Waals surface area contributed by atoms with Gasteiger partial charge in [-0.2, -0.15) is 0 Å². The summed E-state index contributed by atoms with van der Waals surface area (Å²) in [7, 11) is 0. The average molecular weight is 313 g/mol. The maximum Gasteiger partial charge on any atom is 0.313 e. The fourth-order valence-electron chi connectivity index (χ4n) is 3.25. The maximum atomic E-state index is 12.6. The van der Waals surface area contributed by atoms with Gasteiger partial charge in [0.1, 0.15) is 0 Å². The lowest BCUT2D eigenvalue weighted by molar-refractivity contribution is -0.149. The minimum absolute atomic E-state index is 0.0463. The second-order valence-electron chi connectivity index (χ2n) is 6.18. The lowest BCUT2D eigenvalue weighted by Crippen LogP contribution is -2.53. The number of amides is 2. The molecule has 1 saturated heterocycles. The number of nitrogens with one attached hydrogen (secondary N) is 2. The summed E-state index contributed by atoms with van der Waals surface area (Å²) >= 11 is 0. The number of hydrogen-bond donors (Lipinski definition) is 2. The Hall–Kier alpha value is -2.34. The zero-order chi connectivity index (χ0) is 15.8. The third-order valence-electron chi connectivity index (χ3n) is 4.63. The normalized spacial score (nSPS) is 21.4. The van der Waals surface area contributed by atoms with E-state index in [9.17, 15) is 9.59 Å². The van der Waals surface area contributed by atoms with Crippen molar-refractivity contribution < 1.29 is 14.3 Å². The van der Waals surface area contributed by atoms with Gasteiger partial charge < -0.3 is 19.9 Å². The van der Waals surface area contributed by atoms with Crippen LogP contribution < -0.4 is 5.32 Å². The fourth-order valence-corrected chi connectivity index (χ4v) is 3.25. The van der Waals surface area contributed by atoms with Gasteiger partial charge in [-0.05, 0) is 37.0 Å². The van der Waals surface area contributed by atoms with Crippen LogP contribution in [0.3, 0.4) is 0 Å². The summed E-state index contributed by atoms with van der Waals surface area (Å²) in [6, 6.07) is 7.51. The Morgan fingerprint density at radius 1 is 1.26 bits per heavy atom. The fraction of sp³-hybridized carbons (Fsp3) is 0.412. The summed E-state index contributed by atoms with van der Waals surface area (Å²) in [6.45, 7) is 1.52. The second kappa shape index (κ2) is 5.70. The molecule has 1 atom stereocenters. The van der Waals surface area contributed by atoms with E-state index in [0.717, 1.165) is 23.7 Å². The molecule has 2 N–H and O–H groups in total. The van der Waals surface area contributed by atoms with Crippen LogP contribution in [0.25, 0.3) is 10.9 Å². The number of nitrogens with zero attached hydrogens (tertiary/aromatic N) is 1. The van der Waals surface area contributed by atoms with E-state index in [1.807, 2.05) is 24.4 Å². The molecular weight excluding hydrogens is 294 g/mol. The zero-order valence-electron chi connectivity index (χ0n) is 12.7. The van der Waals surface area contributed by atoms with E-state index in [2.05, 4.69) is 10.3 Å². The van der Waals surface area contributed by atoms with E-state index in [4.69, 9.17) is 4.74 Å². The molecule has 1 aromatic heterocycles. The summed E-state index contributed by atoms with van der Waals surface area (Å²) in [5.41, 5.74) is 1.58. The first kappa shape index (κ1) is 14.3. The highest BCUT2D eigenvalue weighted by Crippen LogP contribution is 2.36. The standard InChI is InChI=1S/C17H19N3O3/c21-16(19-14-3-1-2-13-12(14)6-7-18-13)17(22)20-8-9-23-10-15(20)11-4-5-11/h1-3,6-7,11,15,18H,4-5,8-10H2,(H,19,21). The lowest BCUT2D eigenvalue weighted by Gasteiger charge is -2.35. The highest BCUT2D eigenvalue weighted by Gasteiger charge is 2.40. The Labute approximate surface area is 133 Å². The summed E-state index contributed by atoms with van der Waals surface area (Å²) in [4.78, 5) is 29.8. The van der Waals surface area contributed by atoms with Gasteiger partial charge in [0.05, 0.1) is 24.9 Å². The first-order chi connectivity index (χ1) is 11.2. The number of carbonyl (C=O) groups is 2. The van der Waals surface area contributed by atoms with E-state index >= 15 is 0 Å². The summed E-state index contributed by atoms with van der Waals surface area (Å²) < 4.78 is 5.48. The number of anilines is 1. The molecule has 0 bridgehead atoms. The summed E-state index contributed by atoms with van der Waals surface area (Å²) in [6.07, 6.45) is 4.04. The van der Waals surface area contributed by atoms with Crippen LogP contribution in [0.1, 0.15) is 12.8 Å². The van der Waals surface area contributed by atoms with Gasteiger partial charge in [0.15, 0.2) is 0 Å². The molecule has 0 spiro atoms. The molecule has 23 heavy (non-hydrogen) atoms. The smallest absolute Gasteiger partial charge is 0.313 e. The predicted octanol–water partition coefficient (Wildman–Crippen LogP) is 1.74. The monoisotopic (exact) mass is 313 g/mol. The van der Waals surface area contributed by atoms with E-state index in [1.165, 1.54) is 0 Å². The van der Waals surface area contributed by atoms with Crippen molar-refractivity contribution in [1.82, 2.24) is 9.88 Å². The van der Waals surface area contributed by atoms with E-state index < -0.39 is 11.8 Å². The molecule has 1 aromatic carbocycles. The van der Waals surface area contributed by atoms with Crippen molar-refractivity contribution in [3.63, 3.8) is 0 Å². The van der Waals surface area contributed by atoms with E-state index in [-0.39, 0.29) is 6.04 Å².